The molecule has 0 radical (unpaired) electrons. The Labute approximate surface area is 153 Å². The fourth-order valence-corrected chi connectivity index (χ4v) is 3.90. The summed E-state index contributed by atoms with van der Waals surface area (Å²) in [6.45, 7) is 0.510. The molecule has 1 aliphatic heterocycles. The number of nitrogens with one attached hydrogen (secondary N) is 1. The molecule has 1 saturated carbocycles. The van der Waals surface area contributed by atoms with Crippen molar-refractivity contribution in [2.75, 3.05) is 12.8 Å². The molecule has 2 aromatic carbocycles. The molecule has 136 valence electrons. The van der Waals surface area contributed by atoms with E-state index in [1.165, 1.54) is 6.26 Å². The van der Waals surface area contributed by atoms with Crippen molar-refractivity contribution in [1.82, 2.24) is 5.32 Å². The molecule has 1 fully saturated rings. The molecule has 1 aliphatic carbocycles. The Morgan fingerprint density at radius 1 is 1.15 bits per heavy atom. The molecule has 2 aromatic rings. The Morgan fingerprint density at radius 2 is 1.88 bits per heavy atom. The van der Waals surface area contributed by atoms with Crippen molar-refractivity contribution in [2.45, 2.75) is 30.3 Å². The van der Waals surface area contributed by atoms with Crippen molar-refractivity contribution >= 4 is 15.7 Å². The molecule has 1 amide bonds. The third kappa shape index (κ3) is 3.46. The van der Waals surface area contributed by atoms with Gasteiger partial charge in [-0.1, -0.05) is 30.3 Å². The van der Waals surface area contributed by atoms with E-state index >= 15 is 0 Å². The number of hydrogen-bond donors (Lipinski definition) is 1. The van der Waals surface area contributed by atoms with Crippen molar-refractivity contribution in [3.63, 3.8) is 0 Å². The van der Waals surface area contributed by atoms with Crippen LogP contribution in [0.2, 0.25) is 0 Å². The van der Waals surface area contributed by atoms with E-state index in [1.807, 2.05) is 18.2 Å². The van der Waals surface area contributed by atoms with Crippen LogP contribution in [0, 0.1) is 5.92 Å². The molecule has 0 spiro atoms. The highest BCUT2D eigenvalue weighted by Gasteiger charge is 2.31. The van der Waals surface area contributed by atoms with Crippen LogP contribution in [0.15, 0.2) is 47.4 Å². The van der Waals surface area contributed by atoms with E-state index in [2.05, 4.69) is 5.32 Å². The minimum atomic E-state index is -3.21. The number of amides is 1. The average molecular weight is 371 g/mol. The summed E-state index contributed by atoms with van der Waals surface area (Å²) in [6.07, 6.45) is 3.88. The predicted molar refractivity (Wildman–Crippen MR) is 98.8 cm³/mol. The number of rotatable bonds is 5. The van der Waals surface area contributed by atoms with E-state index in [0.29, 0.717) is 11.4 Å². The lowest BCUT2D eigenvalue weighted by molar-refractivity contribution is -0.122. The second-order valence-electron chi connectivity index (χ2n) is 7.05. The third-order valence-corrected chi connectivity index (χ3v) is 6.00. The zero-order valence-corrected chi connectivity index (χ0v) is 15.4. The first-order chi connectivity index (χ1) is 12.4. The van der Waals surface area contributed by atoms with Crippen LogP contribution < -0.4 is 10.1 Å². The molecule has 1 unspecified atom stereocenters. The maximum absolute atomic E-state index is 11.8. The molecule has 1 heterocycles. The van der Waals surface area contributed by atoms with Gasteiger partial charge in [-0.3, -0.25) is 4.79 Å². The molecule has 1 atom stereocenters. The number of ether oxygens (including phenoxy) is 1. The van der Waals surface area contributed by atoms with Gasteiger partial charge in [0.25, 0.3) is 0 Å². The summed E-state index contributed by atoms with van der Waals surface area (Å²) in [5.74, 6) is 1.15. The molecule has 4 rings (SSSR count). The van der Waals surface area contributed by atoms with E-state index in [1.54, 1.807) is 24.3 Å². The summed E-state index contributed by atoms with van der Waals surface area (Å²) in [6, 6.07) is 12.8. The lowest BCUT2D eigenvalue weighted by Gasteiger charge is -2.13. The fourth-order valence-electron chi connectivity index (χ4n) is 3.27. The molecule has 26 heavy (non-hydrogen) atoms. The number of fused-ring (bicyclic) bond motifs is 1. The molecule has 6 heteroatoms. The minimum Gasteiger partial charge on any atom is -0.487 e. The van der Waals surface area contributed by atoms with E-state index < -0.39 is 9.84 Å². The molecule has 2 aliphatic rings. The number of para-hydroxylation sites is 1. The Hall–Kier alpha value is -2.34. The van der Waals surface area contributed by atoms with Crippen LogP contribution in [0.25, 0.3) is 11.1 Å². The van der Waals surface area contributed by atoms with E-state index in [-0.39, 0.29) is 17.9 Å². The highest BCUT2D eigenvalue weighted by atomic mass is 32.2. The molecule has 0 saturated heterocycles. The Kier molecular flexibility index (Phi) is 4.23. The first-order valence-corrected chi connectivity index (χ1v) is 10.7. The van der Waals surface area contributed by atoms with Crippen LogP contribution in [-0.2, 0) is 21.1 Å². The van der Waals surface area contributed by atoms with Gasteiger partial charge in [0.2, 0.25) is 5.91 Å². The molecule has 5 nitrogen and oxygen atoms in total. The first kappa shape index (κ1) is 17.1. The van der Waals surface area contributed by atoms with Gasteiger partial charge in [-0.25, -0.2) is 8.42 Å². The van der Waals surface area contributed by atoms with Crippen molar-refractivity contribution in [1.29, 1.82) is 0 Å². The molecular formula is C20H21NO4S. The second-order valence-corrected chi connectivity index (χ2v) is 9.07. The number of benzene rings is 2. The lowest BCUT2D eigenvalue weighted by atomic mass is 10.0. The van der Waals surface area contributed by atoms with Gasteiger partial charge >= 0.3 is 0 Å². The van der Waals surface area contributed by atoms with Crippen LogP contribution in [0.5, 0.6) is 5.75 Å². The Bertz CT molecular complexity index is 946. The largest absolute Gasteiger partial charge is 0.487 e. The maximum atomic E-state index is 11.8. The fraction of sp³-hybridized carbons (Fsp3) is 0.350. The van der Waals surface area contributed by atoms with Crippen LogP contribution in [0.3, 0.4) is 0 Å². The van der Waals surface area contributed by atoms with Gasteiger partial charge < -0.3 is 10.1 Å². The number of sulfone groups is 1. The summed E-state index contributed by atoms with van der Waals surface area (Å²) in [5, 5.41) is 2.97. The topological polar surface area (TPSA) is 72.5 Å². The van der Waals surface area contributed by atoms with Gasteiger partial charge in [0.05, 0.1) is 11.4 Å². The van der Waals surface area contributed by atoms with Gasteiger partial charge in [-0.05, 0) is 36.1 Å². The van der Waals surface area contributed by atoms with Crippen LogP contribution in [-0.4, -0.2) is 33.2 Å². The van der Waals surface area contributed by atoms with E-state index in [9.17, 15) is 13.2 Å². The normalized spacial score (nSPS) is 18.9. The number of hydrogen-bond acceptors (Lipinski definition) is 4. The summed E-state index contributed by atoms with van der Waals surface area (Å²) >= 11 is 0. The van der Waals surface area contributed by atoms with Crippen molar-refractivity contribution in [2.24, 2.45) is 5.92 Å². The van der Waals surface area contributed by atoms with Crippen LogP contribution in [0.1, 0.15) is 18.4 Å². The average Bonchev–Trinajstić information content (AvgIpc) is 3.38. The Balaban J connectivity index is 1.52. The smallest absolute Gasteiger partial charge is 0.223 e. The molecular weight excluding hydrogens is 350 g/mol. The maximum Gasteiger partial charge on any atom is 0.223 e. The highest BCUT2D eigenvalue weighted by molar-refractivity contribution is 7.90. The molecule has 1 N–H and O–H groups in total. The zero-order chi connectivity index (χ0) is 18.3. The van der Waals surface area contributed by atoms with Gasteiger partial charge in [-0.15, -0.1) is 0 Å². The van der Waals surface area contributed by atoms with E-state index in [4.69, 9.17) is 4.74 Å². The lowest BCUT2D eigenvalue weighted by Crippen LogP contribution is -2.35. The standard InChI is InChI=1S/C20H21NO4S/c1-26(23,24)17-9-7-13(8-10-17)18-4-2-3-15-11-16(25-19(15)18)12-21-20(22)14-5-6-14/h2-4,7-10,14,16H,5-6,11-12H2,1H3,(H,21,22). The quantitative estimate of drug-likeness (QED) is 0.877. The SMILES string of the molecule is CS(=O)(=O)c1ccc(-c2cccc3c2OC(CNC(=O)C2CC2)C3)cc1. The zero-order valence-electron chi connectivity index (χ0n) is 14.6. The van der Waals surface area contributed by atoms with Crippen LogP contribution in [0.4, 0.5) is 0 Å². The summed E-state index contributed by atoms with van der Waals surface area (Å²) < 4.78 is 29.4. The summed E-state index contributed by atoms with van der Waals surface area (Å²) in [4.78, 5) is 12.1. The predicted octanol–water partition coefficient (Wildman–Crippen LogP) is 2.59. The van der Waals surface area contributed by atoms with Crippen LogP contribution >= 0.6 is 0 Å². The first-order valence-electron chi connectivity index (χ1n) is 8.78. The highest BCUT2D eigenvalue weighted by Crippen LogP contribution is 2.39. The van der Waals surface area contributed by atoms with Gasteiger partial charge in [0.15, 0.2) is 9.84 Å². The third-order valence-electron chi connectivity index (χ3n) is 4.87. The van der Waals surface area contributed by atoms with Gasteiger partial charge in [0.1, 0.15) is 11.9 Å². The molecule has 0 aromatic heterocycles. The van der Waals surface area contributed by atoms with Gasteiger partial charge in [-0.2, -0.15) is 0 Å². The monoisotopic (exact) mass is 371 g/mol. The number of carbonyl (C=O) groups excluding carboxylic acids is 1. The molecule has 0 bridgehead atoms. The second kappa shape index (κ2) is 6.43. The Morgan fingerprint density at radius 3 is 2.54 bits per heavy atom. The van der Waals surface area contributed by atoms with Crippen molar-refractivity contribution < 1.29 is 17.9 Å². The van der Waals surface area contributed by atoms with Crippen molar-refractivity contribution in [3.05, 3.63) is 48.0 Å². The number of carbonyl (C=O) groups is 1. The summed E-state index contributed by atoms with van der Waals surface area (Å²) in [7, 11) is -3.21. The van der Waals surface area contributed by atoms with Crippen molar-refractivity contribution in [3.8, 4) is 16.9 Å². The summed E-state index contributed by atoms with van der Waals surface area (Å²) in [5.41, 5.74) is 2.97. The van der Waals surface area contributed by atoms with E-state index in [0.717, 1.165) is 41.7 Å². The van der Waals surface area contributed by atoms with Gasteiger partial charge in [0, 0.05) is 24.2 Å². The minimum absolute atomic E-state index is 0.0656.